The van der Waals surface area contributed by atoms with Crippen LogP contribution in [0.25, 0.3) is 6.08 Å². The number of carbonyl (C=O) groups is 2. The second-order valence-corrected chi connectivity index (χ2v) is 8.40. The smallest absolute Gasteiger partial charge is 0.293 e. The van der Waals surface area contributed by atoms with Crippen LogP contribution in [0, 0.1) is 5.82 Å². The van der Waals surface area contributed by atoms with Crippen LogP contribution in [0.15, 0.2) is 83.8 Å². The Morgan fingerprint density at radius 1 is 0.875 bits per heavy atom. The summed E-state index contributed by atoms with van der Waals surface area (Å²) in [5, 5.41) is -0.228. The number of hydrogen-bond donors (Lipinski definition) is 0. The van der Waals surface area contributed by atoms with Crippen LogP contribution in [0.2, 0.25) is 0 Å². The van der Waals surface area contributed by atoms with Gasteiger partial charge in [0.05, 0.1) is 4.91 Å². The third-order valence-corrected chi connectivity index (χ3v) is 5.97. The van der Waals surface area contributed by atoms with E-state index in [0.717, 1.165) is 35.7 Å². The van der Waals surface area contributed by atoms with Crippen LogP contribution in [0.4, 0.5) is 9.18 Å². The molecule has 2 amide bonds. The molecular weight excluding hydrogens is 425 g/mol. The van der Waals surface area contributed by atoms with Crippen molar-refractivity contribution in [3.63, 3.8) is 0 Å². The van der Waals surface area contributed by atoms with E-state index in [1.165, 1.54) is 22.6 Å². The summed E-state index contributed by atoms with van der Waals surface area (Å²) < 4.78 is 18.7. The summed E-state index contributed by atoms with van der Waals surface area (Å²) in [4.78, 5) is 26.7. The first-order valence-electron chi connectivity index (χ1n) is 10.3. The molecule has 0 spiro atoms. The number of nitrogens with zero attached hydrogens (tertiary/aromatic N) is 1. The molecule has 4 nitrogen and oxygen atoms in total. The van der Waals surface area contributed by atoms with E-state index in [1.54, 1.807) is 30.3 Å². The van der Waals surface area contributed by atoms with Crippen molar-refractivity contribution in [2.24, 2.45) is 0 Å². The van der Waals surface area contributed by atoms with Gasteiger partial charge in [0.2, 0.25) is 0 Å². The van der Waals surface area contributed by atoms with Gasteiger partial charge in [-0.05, 0) is 71.6 Å². The Morgan fingerprint density at radius 2 is 1.59 bits per heavy atom. The summed E-state index contributed by atoms with van der Waals surface area (Å²) >= 11 is 0.972. The highest BCUT2D eigenvalue weighted by atomic mass is 32.2. The maximum Gasteiger partial charge on any atom is 0.293 e. The Kier molecular flexibility index (Phi) is 7.02. The minimum atomic E-state index is -0.279. The van der Waals surface area contributed by atoms with E-state index in [-0.39, 0.29) is 17.0 Å². The lowest BCUT2D eigenvalue weighted by Crippen LogP contribution is -2.29. The fourth-order valence-electron chi connectivity index (χ4n) is 3.34. The molecule has 6 heteroatoms. The van der Waals surface area contributed by atoms with Gasteiger partial charge in [0.25, 0.3) is 11.1 Å². The maximum atomic E-state index is 13.0. The summed E-state index contributed by atoms with van der Waals surface area (Å²) in [6.45, 7) is 0.745. The van der Waals surface area contributed by atoms with Crippen LogP contribution < -0.4 is 4.74 Å². The molecule has 3 aromatic rings. The van der Waals surface area contributed by atoms with Gasteiger partial charge in [0, 0.05) is 6.54 Å². The summed E-state index contributed by atoms with van der Waals surface area (Å²) in [6.07, 6.45) is 3.28. The zero-order chi connectivity index (χ0) is 22.3. The quantitative estimate of drug-likeness (QED) is 0.393. The van der Waals surface area contributed by atoms with Crippen molar-refractivity contribution < 1.29 is 18.7 Å². The first-order valence-corrected chi connectivity index (χ1v) is 11.2. The van der Waals surface area contributed by atoms with Crippen LogP contribution in [0.1, 0.15) is 23.1 Å². The van der Waals surface area contributed by atoms with E-state index < -0.39 is 0 Å². The Bertz CT molecular complexity index is 1110. The number of imide groups is 1. The zero-order valence-corrected chi connectivity index (χ0v) is 18.2. The van der Waals surface area contributed by atoms with Crippen molar-refractivity contribution >= 4 is 29.0 Å². The first-order chi connectivity index (χ1) is 15.6. The van der Waals surface area contributed by atoms with E-state index in [1.807, 2.05) is 42.5 Å². The predicted octanol–water partition coefficient (Wildman–Crippen LogP) is 6.07. The lowest BCUT2D eigenvalue weighted by Gasteiger charge is -2.12. The average Bonchev–Trinajstić information content (AvgIpc) is 3.08. The first kappa shape index (κ1) is 21.8. The number of ether oxygens (including phenoxy) is 1. The number of carbonyl (C=O) groups excluding carboxylic acids is 2. The van der Waals surface area contributed by atoms with Gasteiger partial charge in [-0.25, -0.2) is 4.39 Å². The van der Waals surface area contributed by atoms with Gasteiger partial charge in [-0.15, -0.1) is 0 Å². The number of benzene rings is 3. The average molecular weight is 448 g/mol. The van der Waals surface area contributed by atoms with Crippen molar-refractivity contribution in [2.45, 2.75) is 19.4 Å². The summed E-state index contributed by atoms with van der Waals surface area (Å²) in [5.41, 5.74) is 2.88. The normalized spacial score (nSPS) is 14.9. The monoisotopic (exact) mass is 447 g/mol. The Hall–Kier alpha value is -3.38. The number of thioether (sulfide) groups is 1. The number of halogens is 1. The minimum absolute atomic E-state index is 0.228. The molecule has 0 bridgehead atoms. The molecule has 162 valence electrons. The van der Waals surface area contributed by atoms with Crippen molar-refractivity contribution in [2.75, 3.05) is 6.54 Å². The molecular formula is C26H22FNO3S. The molecule has 1 fully saturated rings. The second-order valence-electron chi connectivity index (χ2n) is 7.41. The van der Waals surface area contributed by atoms with Crippen molar-refractivity contribution in [1.82, 2.24) is 4.90 Å². The van der Waals surface area contributed by atoms with Gasteiger partial charge < -0.3 is 4.74 Å². The van der Waals surface area contributed by atoms with E-state index in [4.69, 9.17) is 4.74 Å². The fourth-order valence-corrected chi connectivity index (χ4v) is 4.20. The minimum Gasteiger partial charge on any atom is -0.489 e. The van der Waals surface area contributed by atoms with Crippen molar-refractivity contribution in [1.29, 1.82) is 0 Å². The van der Waals surface area contributed by atoms with Crippen molar-refractivity contribution in [3.8, 4) is 5.75 Å². The van der Waals surface area contributed by atoms with Crippen LogP contribution in [0.3, 0.4) is 0 Å². The van der Waals surface area contributed by atoms with Crippen LogP contribution in [-0.2, 0) is 17.8 Å². The largest absolute Gasteiger partial charge is 0.489 e. The van der Waals surface area contributed by atoms with Gasteiger partial charge in [0.1, 0.15) is 18.2 Å². The van der Waals surface area contributed by atoms with Gasteiger partial charge in [-0.1, -0.05) is 54.6 Å². The molecule has 1 aliphatic rings. The highest BCUT2D eigenvalue weighted by Crippen LogP contribution is 2.32. The van der Waals surface area contributed by atoms with Gasteiger partial charge in [0.15, 0.2) is 0 Å². The van der Waals surface area contributed by atoms with Gasteiger partial charge >= 0.3 is 0 Å². The molecule has 0 aromatic heterocycles. The molecule has 0 atom stereocenters. The Morgan fingerprint density at radius 3 is 2.31 bits per heavy atom. The third kappa shape index (κ3) is 5.65. The second kappa shape index (κ2) is 10.3. The van der Waals surface area contributed by atoms with E-state index in [0.29, 0.717) is 23.8 Å². The Labute approximate surface area is 190 Å². The van der Waals surface area contributed by atoms with Gasteiger partial charge in [-0.2, -0.15) is 0 Å². The number of amides is 2. The molecule has 1 heterocycles. The number of rotatable bonds is 8. The molecule has 0 saturated carbocycles. The summed E-state index contributed by atoms with van der Waals surface area (Å²) in [5.74, 6) is 0.143. The van der Waals surface area contributed by atoms with Crippen LogP contribution in [0.5, 0.6) is 5.75 Å². The molecule has 0 unspecified atom stereocenters. The zero-order valence-electron chi connectivity index (χ0n) is 17.4. The Balaban J connectivity index is 1.32. The lowest BCUT2D eigenvalue weighted by atomic mass is 10.1. The number of hydrogen-bond acceptors (Lipinski definition) is 4. The fraction of sp³-hybridized carbons (Fsp3) is 0.154. The number of aryl methyl sites for hydroxylation is 1. The third-order valence-electron chi connectivity index (χ3n) is 5.06. The van der Waals surface area contributed by atoms with E-state index in [2.05, 4.69) is 0 Å². The lowest BCUT2D eigenvalue weighted by molar-refractivity contribution is -0.122. The predicted molar refractivity (Wildman–Crippen MR) is 125 cm³/mol. The summed E-state index contributed by atoms with van der Waals surface area (Å²) in [7, 11) is 0. The highest BCUT2D eigenvalue weighted by molar-refractivity contribution is 8.18. The van der Waals surface area contributed by atoms with Crippen molar-refractivity contribution in [3.05, 3.63) is 106 Å². The molecule has 32 heavy (non-hydrogen) atoms. The summed E-state index contributed by atoms with van der Waals surface area (Å²) in [6, 6.07) is 23.5. The molecule has 1 saturated heterocycles. The van der Waals surface area contributed by atoms with E-state index in [9.17, 15) is 14.0 Å². The molecule has 0 radical (unpaired) electrons. The molecule has 3 aromatic carbocycles. The molecule has 4 rings (SSSR count). The molecule has 0 N–H and O–H groups in total. The van der Waals surface area contributed by atoms with E-state index >= 15 is 0 Å². The highest BCUT2D eigenvalue weighted by Gasteiger charge is 2.34. The van der Waals surface area contributed by atoms with Gasteiger partial charge in [-0.3, -0.25) is 14.5 Å². The SMILES string of the molecule is O=C1S/C(=C/c2ccc(OCc3ccc(F)cc3)cc2)C(=O)N1CCCc1ccccc1. The van der Waals surface area contributed by atoms with Crippen LogP contribution >= 0.6 is 11.8 Å². The molecule has 1 aliphatic heterocycles. The van der Waals surface area contributed by atoms with Crippen LogP contribution in [-0.4, -0.2) is 22.6 Å². The maximum absolute atomic E-state index is 13.0. The standard InChI is InChI=1S/C26H22FNO3S/c27-22-12-8-21(9-13-22)18-31-23-14-10-20(11-15-23)17-24-25(29)28(26(30)32-24)16-4-7-19-5-2-1-3-6-19/h1-3,5-6,8-15,17H,4,7,16,18H2/b24-17+. The topological polar surface area (TPSA) is 46.6 Å². The molecule has 0 aliphatic carbocycles.